The van der Waals surface area contributed by atoms with Crippen molar-refractivity contribution in [2.24, 2.45) is 5.73 Å². The van der Waals surface area contributed by atoms with E-state index in [9.17, 15) is 19.2 Å². The van der Waals surface area contributed by atoms with Gasteiger partial charge in [0.05, 0.1) is 0 Å². The summed E-state index contributed by atoms with van der Waals surface area (Å²) in [6.07, 6.45) is -0.0187. The zero-order valence-corrected chi connectivity index (χ0v) is 14.7. The average molecular weight is 361 g/mol. The quantitative estimate of drug-likeness (QED) is 0.340. The summed E-state index contributed by atoms with van der Waals surface area (Å²) >= 11 is 0. The molecular formula is C15H27N3O7. The molecule has 0 aliphatic rings. The van der Waals surface area contributed by atoms with E-state index in [2.05, 4.69) is 10.6 Å². The van der Waals surface area contributed by atoms with Crippen LogP contribution in [-0.4, -0.2) is 58.4 Å². The van der Waals surface area contributed by atoms with Gasteiger partial charge in [0.2, 0.25) is 0 Å². The van der Waals surface area contributed by atoms with Crippen molar-refractivity contribution in [3.63, 3.8) is 0 Å². The van der Waals surface area contributed by atoms with Crippen molar-refractivity contribution in [1.29, 1.82) is 0 Å². The van der Waals surface area contributed by atoms with Crippen molar-refractivity contribution in [2.45, 2.75) is 64.1 Å². The molecular weight excluding hydrogens is 334 g/mol. The number of rotatable bonds is 10. The fraction of sp³-hybridized carbons (Fsp3) is 0.733. The van der Waals surface area contributed by atoms with Crippen LogP contribution in [0.25, 0.3) is 0 Å². The molecule has 2 amide bonds. The van der Waals surface area contributed by atoms with Gasteiger partial charge >= 0.3 is 23.9 Å². The molecule has 0 aromatic carbocycles. The minimum absolute atomic E-state index is 0.228. The Labute approximate surface area is 146 Å². The Balaban J connectivity index is 4.84. The predicted molar refractivity (Wildman–Crippen MR) is 87.9 cm³/mol. The Morgan fingerprint density at radius 1 is 1.04 bits per heavy atom. The van der Waals surface area contributed by atoms with Crippen LogP contribution >= 0.6 is 0 Å². The van der Waals surface area contributed by atoms with Crippen LogP contribution in [0.15, 0.2) is 0 Å². The van der Waals surface area contributed by atoms with E-state index in [0.29, 0.717) is 13.0 Å². The molecule has 0 heterocycles. The van der Waals surface area contributed by atoms with Crippen LogP contribution in [0.4, 0.5) is 4.79 Å². The van der Waals surface area contributed by atoms with Crippen LogP contribution in [0.3, 0.4) is 0 Å². The molecule has 0 spiro atoms. The monoisotopic (exact) mass is 361 g/mol. The molecule has 6 N–H and O–H groups in total. The smallest absolute Gasteiger partial charge is 0.329 e. The van der Waals surface area contributed by atoms with Crippen LogP contribution in [0.5, 0.6) is 0 Å². The minimum atomic E-state index is -1.38. The third kappa shape index (κ3) is 10.9. The van der Waals surface area contributed by atoms with Crippen molar-refractivity contribution >= 4 is 23.9 Å². The first-order valence-electron chi connectivity index (χ1n) is 7.90. The Hall–Kier alpha value is -2.36. The van der Waals surface area contributed by atoms with E-state index in [1.807, 2.05) is 0 Å². The van der Waals surface area contributed by atoms with Gasteiger partial charge in [0.15, 0.2) is 0 Å². The van der Waals surface area contributed by atoms with E-state index in [1.165, 1.54) is 0 Å². The molecule has 0 fully saturated rings. The second-order valence-corrected chi connectivity index (χ2v) is 6.46. The van der Waals surface area contributed by atoms with Crippen molar-refractivity contribution in [3.8, 4) is 0 Å². The number of urea groups is 1. The molecule has 0 aromatic heterocycles. The molecule has 0 radical (unpaired) electrons. The Morgan fingerprint density at radius 2 is 1.60 bits per heavy atom. The van der Waals surface area contributed by atoms with Gasteiger partial charge in [0.25, 0.3) is 0 Å². The maximum absolute atomic E-state index is 12.1. The number of carboxylic acids is 2. The molecule has 0 bridgehead atoms. The molecule has 0 aromatic rings. The number of carboxylic acid groups (broad SMARTS) is 2. The van der Waals surface area contributed by atoms with Crippen LogP contribution in [0.1, 0.15) is 46.5 Å². The molecule has 2 atom stereocenters. The number of aliphatic carboxylic acids is 2. The van der Waals surface area contributed by atoms with E-state index >= 15 is 0 Å². The molecule has 0 saturated heterocycles. The molecule has 0 aliphatic carbocycles. The van der Waals surface area contributed by atoms with Crippen LogP contribution < -0.4 is 16.4 Å². The summed E-state index contributed by atoms with van der Waals surface area (Å²) in [4.78, 5) is 45.7. The summed E-state index contributed by atoms with van der Waals surface area (Å²) in [5, 5.41) is 22.1. The van der Waals surface area contributed by atoms with Gasteiger partial charge < -0.3 is 31.3 Å². The van der Waals surface area contributed by atoms with Crippen LogP contribution in [0, 0.1) is 0 Å². The Kier molecular flexibility index (Phi) is 9.50. The van der Waals surface area contributed by atoms with Gasteiger partial charge in [0, 0.05) is 6.42 Å². The summed E-state index contributed by atoms with van der Waals surface area (Å²) in [5.41, 5.74) is 4.66. The molecule has 0 rings (SSSR count). The lowest BCUT2D eigenvalue weighted by Crippen LogP contribution is -2.52. The summed E-state index contributed by atoms with van der Waals surface area (Å²) in [5.74, 6) is -3.20. The maximum Gasteiger partial charge on any atom is 0.329 e. The number of hydrogen-bond acceptors (Lipinski definition) is 6. The van der Waals surface area contributed by atoms with Crippen molar-refractivity contribution < 1.29 is 34.1 Å². The van der Waals surface area contributed by atoms with Gasteiger partial charge in [-0.2, -0.15) is 0 Å². The normalized spacial score (nSPS) is 13.4. The second-order valence-electron chi connectivity index (χ2n) is 6.46. The third-order valence-corrected chi connectivity index (χ3v) is 2.94. The van der Waals surface area contributed by atoms with E-state index in [1.54, 1.807) is 20.8 Å². The second kappa shape index (κ2) is 10.5. The van der Waals surface area contributed by atoms with Gasteiger partial charge in [-0.25, -0.2) is 14.4 Å². The highest BCUT2D eigenvalue weighted by Gasteiger charge is 2.28. The highest BCUT2D eigenvalue weighted by molar-refractivity contribution is 5.86. The van der Waals surface area contributed by atoms with E-state index in [-0.39, 0.29) is 12.8 Å². The number of amides is 2. The third-order valence-electron chi connectivity index (χ3n) is 2.94. The number of esters is 1. The van der Waals surface area contributed by atoms with Gasteiger partial charge in [0.1, 0.15) is 17.7 Å². The lowest BCUT2D eigenvalue weighted by molar-refractivity contribution is -0.157. The van der Waals surface area contributed by atoms with Gasteiger partial charge in [-0.1, -0.05) is 0 Å². The molecule has 25 heavy (non-hydrogen) atoms. The van der Waals surface area contributed by atoms with E-state index in [4.69, 9.17) is 20.7 Å². The number of nitrogens with two attached hydrogens (primary N) is 1. The zero-order valence-electron chi connectivity index (χ0n) is 14.7. The highest BCUT2D eigenvalue weighted by atomic mass is 16.6. The summed E-state index contributed by atoms with van der Waals surface area (Å²) in [6.45, 7) is 5.34. The summed E-state index contributed by atoms with van der Waals surface area (Å²) in [7, 11) is 0. The minimum Gasteiger partial charge on any atom is -0.481 e. The average Bonchev–Trinajstić information content (AvgIpc) is 2.45. The molecule has 0 saturated carbocycles. The summed E-state index contributed by atoms with van der Waals surface area (Å²) < 4.78 is 5.21. The largest absolute Gasteiger partial charge is 0.481 e. The van der Waals surface area contributed by atoms with E-state index in [0.717, 1.165) is 0 Å². The number of carbonyl (C=O) groups excluding carboxylic acids is 2. The Bertz CT molecular complexity index is 488. The lowest BCUT2D eigenvalue weighted by Gasteiger charge is -2.25. The van der Waals surface area contributed by atoms with Gasteiger partial charge in [-0.15, -0.1) is 0 Å². The fourth-order valence-corrected chi connectivity index (χ4v) is 1.83. The number of ether oxygens (including phenoxy) is 1. The number of hydrogen-bond donors (Lipinski definition) is 5. The topological polar surface area (TPSA) is 168 Å². The number of carbonyl (C=O) groups is 4. The molecule has 2 unspecified atom stereocenters. The molecule has 144 valence electrons. The van der Waals surface area contributed by atoms with Gasteiger partial charge in [-0.05, 0) is 46.6 Å². The molecule has 10 nitrogen and oxygen atoms in total. The molecule has 0 aliphatic heterocycles. The van der Waals surface area contributed by atoms with Crippen LogP contribution in [0.2, 0.25) is 0 Å². The van der Waals surface area contributed by atoms with Gasteiger partial charge in [-0.3, -0.25) is 4.79 Å². The Morgan fingerprint density at radius 3 is 2.04 bits per heavy atom. The maximum atomic E-state index is 12.1. The number of nitrogens with one attached hydrogen (secondary N) is 2. The first-order chi connectivity index (χ1) is 11.5. The lowest BCUT2D eigenvalue weighted by atomic mass is 10.1. The SMILES string of the molecule is CC(C)(C)OC(=O)C(CCCN)NC(=O)NC(CCC(=O)O)C(=O)O. The van der Waals surface area contributed by atoms with E-state index < -0.39 is 48.0 Å². The first kappa shape index (κ1) is 22.6. The van der Waals surface area contributed by atoms with Crippen LogP contribution in [-0.2, 0) is 19.1 Å². The molecule has 10 heteroatoms. The van der Waals surface area contributed by atoms with Crippen molar-refractivity contribution in [3.05, 3.63) is 0 Å². The standard InChI is InChI=1S/C15H27N3O7/c1-15(2,3)25-13(23)10(5-4-8-16)18-14(24)17-9(12(21)22)6-7-11(19)20/h9-10H,4-8,16H2,1-3H3,(H,19,20)(H,21,22)(H2,17,18,24). The van der Waals surface area contributed by atoms with Crippen molar-refractivity contribution in [2.75, 3.05) is 6.54 Å². The predicted octanol–water partition coefficient (Wildman–Crippen LogP) is 0.0528. The van der Waals surface area contributed by atoms with Crippen molar-refractivity contribution in [1.82, 2.24) is 10.6 Å². The first-order valence-corrected chi connectivity index (χ1v) is 7.90. The summed E-state index contributed by atoms with van der Waals surface area (Å²) in [6, 6.07) is -3.27. The zero-order chi connectivity index (χ0) is 19.6. The highest BCUT2D eigenvalue weighted by Crippen LogP contribution is 2.10. The fourth-order valence-electron chi connectivity index (χ4n) is 1.83.